The SMILES string of the molecule is NC(=O)c1cccn1S(=O)(=O)c1cc(Cl)ccc1[N+](=O)[O-]. The van der Waals surface area contributed by atoms with Crippen LogP contribution in [0.5, 0.6) is 0 Å². The second-order valence-corrected chi connectivity index (χ2v) is 6.15. The summed E-state index contributed by atoms with van der Waals surface area (Å²) in [4.78, 5) is 20.7. The second-order valence-electron chi connectivity index (χ2n) is 3.93. The van der Waals surface area contributed by atoms with Crippen molar-refractivity contribution in [3.8, 4) is 0 Å². The van der Waals surface area contributed by atoms with Crippen LogP contribution in [0.4, 0.5) is 5.69 Å². The third-order valence-electron chi connectivity index (χ3n) is 2.62. The molecule has 8 nitrogen and oxygen atoms in total. The zero-order chi connectivity index (χ0) is 15.8. The molecule has 0 fully saturated rings. The molecule has 1 amide bonds. The monoisotopic (exact) mass is 329 g/mol. The fraction of sp³-hybridized carbons (Fsp3) is 0. The van der Waals surface area contributed by atoms with E-state index in [1.807, 2.05) is 0 Å². The molecule has 1 aromatic carbocycles. The minimum Gasteiger partial charge on any atom is -0.364 e. The number of carbonyl (C=O) groups is 1. The summed E-state index contributed by atoms with van der Waals surface area (Å²) in [7, 11) is -4.38. The van der Waals surface area contributed by atoms with Crippen LogP contribution >= 0.6 is 11.6 Å². The Morgan fingerprint density at radius 1 is 1.33 bits per heavy atom. The van der Waals surface area contributed by atoms with Crippen molar-refractivity contribution in [2.24, 2.45) is 5.73 Å². The summed E-state index contributed by atoms with van der Waals surface area (Å²) in [6.07, 6.45) is 1.07. The van der Waals surface area contributed by atoms with Crippen LogP contribution in [-0.4, -0.2) is 23.2 Å². The molecule has 1 aromatic heterocycles. The molecule has 0 unspecified atom stereocenters. The maximum absolute atomic E-state index is 12.5. The summed E-state index contributed by atoms with van der Waals surface area (Å²) >= 11 is 5.70. The van der Waals surface area contributed by atoms with Crippen molar-refractivity contribution in [3.63, 3.8) is 0 Å². The van der Waals surface area contributed by atoms with Crippen LogP contribution in [0, 0.1) is 10.1 Å². The van der Waals surface area contributed by atoms with Gasteiger partial charge in [0.2, 0.25) is 0 Å². The number of nitro benzene ring substituents is 1. The highest BCUT2D eigenvalue weighted by Gasteiger charge is 2.29. The summed E-state index contributed by atoms with van der Waals surface area (Å²) in [6, 6.07) is 5.59. The normalized spacial score (nSPS) is 11.3. The van der Waals surface area contributed by atoms with E-state index >= 15 is 0 Å². The molecule has 0 saturated heterocycles. The van der Waals surface area contributed by atoms with E-state index in [2.05, 4.69) is 0 Å². The summed E-state index contributed by atoms with van der Waals surface area (Å²) in [5.41, 5.74) is 4.11. The van der Waals surface area contributed by atoms with Crippen LogP contribution in [0.3, 0.4) is 0 Å². The molecule has 21 heavy (non-hydrogen) atoms. The molecule has 0 aliphatic carbocycles. The molecule has 2 N–H and O–H groups in total. The molecule has 2 rings (SSSR count). The van der Waals surface area contributed by atoms with Gasteiger partial charge in [-0.05, 0) is 24.3 Å². The lowest BCUT2D eigenvalue weighted by molar-refractivity contribution is -0.387. The quantitative estimate of drug-likeness (QED) is 0.670. The number of nitrogens with two attached hydrogens (primary N) is 1. The van der Waals surface area contributed by atoms with Gasteiger partial charge in [-0.1, -0.05) is 11.6 Å². The number of amides is 1. The number of carbonyl (C=O) groups excluding carboxylic acids is 1. The summed E-state index contributed by atoms with van der Waals surface area (Å²) in [5.74, 6) is -0.978. The Kier molecular flexibility index (Phi) is 3.71. The van der Waals surface area contributed by atoms with Crippen molar-refractivity contribution in [1.29, 1.82) is 0 Å². The lowest BCUT2D eigenvalue weighted by Crippen LogP contribution is -2.22. The molecular weight excluding hydrogens is 322 g/mol. The van der Waals surface area contributed by atoms with Crippen molar-refractivity contribution in [2.45, 2.75) is 4.90 Å². The van der Waals surface area contributed by atoms with Crippen LogP contribution in [0.1, 0.15) is 10.5 Å². The van der Waals surface area contributed by atoms with Gasteiger partial charge in [-0.3, -0.25) is 14.9 Å². The van der Waals surface area contributed by atoms with Gasteiger partial charge in [0.15, 0.2) is 4.90 Å². The van der Waals surface area contributed by atoms with Crippen molar-refractivity contribution < 1.29 is 18.1 Å². The summed E-state index contributed by atoms with van der Waals surface area (Å²) in [5, 5.41) is 11.0. The molecule has 1 heterocycles. The van der Waals surface area contributed by atoms with E-state index in [9.17, 15) is 23.3 Å². The molecule has 0 bridgehead atoms. The molecular formula is C11H8ClN3O5S. The highest BCUT2D eigenvalue weighted by Crippen LogP contribution is 2.29. The molecule has 2 aromatic rings. The lowest BCUT2D eigenvalue weighted by atomic mass is 10.3. The van der Waals surface area contributed by atoms with Crippen LogP contribution in [0.15, 0.2) is 41.4 Å². The van der Waals surface area contributed by atoms with Crippen molar-refractivity contribution in [1.82, 2.24) is 3.97 Å². The van der Waals surface area contributed by atoms with E-state index in [0.29, 0.717) is 3.97 Å². The van der Waals surface area contributed by atoms with E-state index in [0.717, 1.165) is 18.3 Å². The molecule has 0 aliphatic rings. The molecule has 0 radical (unpaired) electrons. The van der Waals surface area contributed by atoms with Crippen LogP contribution in [0.25, 0.3) is 0 Å². The molecule has 110 valence electrons. The van der Waals surface area contributed by atoms with E-state index in [-0.39, 0.29) is 10.7 Å². The number of aromatic nitrogens is 1. The number of hydrogen-bond acceptors (Lipinski definition) is 5. The zero-order valence-corrected chi connectivity index (χ0v) is 11.8. The fourth-order valence-corrected chi connectivity index (χ4v) is 3.49. The maximum atomic E-state index is 12.5. The van der Waals surface area contributed by atoms with Gasteiger partial charge in [-0.2, -0.15) is 0 Å². The van der Waals surface area contributed by atoms with Crippen LogP contribution < -0.4 is 5.73 Å². The predicted octanol–water partition coefficient (Wildman–Crippen LogP) is 1.39. The van der Waals surface area contributed by atoms with Gasteiger partial charge in [0.05, 0.1) is 4.92 Å². The first kappa shape index (κ1) is 15.0. The Bertz CT molecular complexity index is 843. The van der Waals surface area contributed by atoms with Gasteiger partial charge < -0.3 is 5.73 Å². The first-order chi connectivity index (χ1) is 9.75. The summed E-state index contributed by atoms with van der Waals surface area (Å²) in [6.45, 7) is 0. The average molecular weight is 330 g/mol. The Morgan fingerprint density at radius 2 is 2.00 bits per heavy atom. The Morgan fingerprint density at radius 3 is 2.57 bits per heavy atom. The third-order valence-corrected chi connectivity index (χ3v) is 4.58. The number of rotatable bonds is 4. The number of halogens is 1. The molecule has 0 saturated carbocycles. The number of primary amides is 1. The molecule has 0 atom stereocenters. The standard InChI is InChI=1S/C11H8ClN3O5S/c12-7-3-4-8(15(17)18)10(6-7)21(19,20)14-5-1-2-9(14)11(13)16/h1-6H,(H2,13,16). The Balaban J connectivity index is 2.76. The highest BCUT2D eigenvalue weighted by atomic mass is 35.5. The fourth-order valence-electron chi connectivity index (χ4n) is 1.72. The zero-order valence-electron chi connectivity index (χ0n) is 10.3. The average Bonchev–Trinajstić information content (AvgIpc) is 2.88. The van der Waals surface area contributed by atoms with E-state index in [1.54, 1.807) is 0 Å². The maximum Gasteiger partial charge on any atom is 0.290 e. The molecule has 0 spiro atoms. The van der Waals surface area contributed by atoms with E-state index in [4.69, 9.17) is 17.3 Å². The van der Waals surface area contributed by atoms with E-state index < -0.39 is 31.4 Å². The topological polar surface area (TPSA) is 125 Å². The summed E-state index contributed by atoms with van der Waals surface area (Å²) < 4.78 is 25.6. The first-order valence-corrected chi connectivity index (χ1v) is 7.23. The number of nitro groups is 1. The minimum atomic E-state index is -4.38. The Hall–Kier alpha value is -2.39. The number of nitrogens with zero attached hydrogens (tertiary/aromatic N) is 2. The second kappa shape index (κ2) is 5.19. The largest absolute Gasteiger partial charge is 0.364 e. The van der Waals surface area contributed by atoms with Gasteiger partial charge in [-0.15, -0.1) is 0 Å². The third kappa shape index (κ3) is 2.60. The van der Waals surface area contributed by atoms with E-state index in [1.165, 1.54) is 18.2 Å². The Labute approximate surface area is 123 Å². The minimum absolute atomic E-state index is 0.00644. The first-order valence-electron chi connectivity index (χ1n) is 5.42. The lowest BCUT2D eigenvalue weighted by Gasteiger charge is -2.09. The van der Waals surface area contributed by atoms with Gasteiger partial charge in [-0.25, -0.2) is 12.4 Å². The van der Waals surface area contributed by atoms with Crippen molar-refractivity contribution in [3.05, 3.63) is 57.4 Å². The van der Waals surface area contributed by atoms with Gasteiger partial charge >= 0.3 is 0 Å². The van der Waals surface area contributed by atoms with Crippen LogP contribution in [0.2, 0.25) is 5.02 Å². The van der Waals surface area contributed by atoms with Crippen LogP contribution in [-0.2, 0) is 10.0 Å². The van der Waals surface area contributed by atoms with Crippen molar-refractivity contribution >= 4 is 33.2 Å². The highest BCUT2D eigenvalue weighted by molar-refractivity contribution is 7.90. The molecule has 0 aliphatic heterocycles. The smallest absolute Gasteiger partial charge is 0.290 e. The number of benzene rings is 1. The van der Waals surface area contributed by atoms with Gasteiger partial charge in [0.25, 0.3) is 21.6 Å². The number of hydrogen-bond donors (Lipinski definition) is 1. The predicted molar refractivity (Wildman–Crippen MR) is 73.6 cm³/mol. The molecule has 10 heteroatoms. The van der Waals surface area contributed by atoms with Crippen molar-refractivity contribution in [2.75, 3.05) is 0 Å². The van der Waals surface area contributed by atoms with Gasteiger partial charge in [0, 0.05) is 17.3 Å². The van der Waals surface area contributed by atoms with Gasteiger partial charge in [0.1, 0.15) is 5.69 Å².